The van der Waals surface area contributed by atoms with Crippen molar-refractivity contribution in [2.24, 2.45) is 0 Å². The highest BCUT2D eigenvalue weighted by Crippen LogP contribution is 2.39. The van der Waals surface area contributed by atoms with E-state index in [9.17, 15) is 13.6 Å². The van der Waals surface area contributed by atoms with Crippen molar-refractivity contribution in [3.05, 3.63) is 144 Å². The van der Waals surface area contributed by atoms with Crippen molar-refractivity contribution in [3.63, 3.8) is 0 Å². The Balaban J connectivity index is 1.30. The summed E-state index contributed by atoms with van der Waals surface area (Å²) in [6.45, 7) is 1.89. The molecule has 0 N–H and O–H groups in total. The summed E-state index contributed by atoms with van der Waals surface area (Å²) in [7, 11) is 0. The molecule has 0 spiro atoms. The molecule has 1 nitrogen and oxygen atoms in total. The lowest BCUT2D eigenvalue weighted by atomic mass is 10.0. The number of carbonyl (C=O) groups excluding carboxylic acids is 1. The van der Waals surface area contributed by atoms with Crippen molar-refractivity contribution in [2.45, 2.75) is 26.5 Å². The van der Waals surface area contributed by atoms with Gasteiger partial charge in [0.05, 0.1) is 0 Å². The summed E-state index contributed by atoms with van der Waals surface area (Å²) in [4.78, 5) is 16.6. The quantitative estimate of drug-likeness (QED) is 0.197. The van der Waals surface area contributed by atoms with Gasteiger partial charge < -0.3 is 0 Å². The van der Waals surface area contributed by atoms with Gasteiger partial charge >= 0.3 is 0 Å². The van der Waals surface area contributed by atoms with Crippen LogP contribution in [0.4, 0.5) is 8.78 Å². The summed E-state index contributed by atoms with van der Waals surface area (Å²) in [5.74, 6) is -0.696. The van der Waals surface area contributed by atoms with Crippen LogP contribution in [0.1, 0.15) is 21.5 Å². The minimum atomic E-state index is -0.355. The molecule has 0 atom stereocenters. The summed E-state index contributed by atoms with van der Waals surface area (Å²) in [5.41, 5.74) is 3.57. The molecule has 0 amide bonds. The SMILES string of the molecule is Cc1ccc(F)cc1-c1cc(F)ccc1Sc1ccc(Sc2ccc(C(=O)c3ccccc3)cc2)cc1. The van der Waals surface area contributed by atoms with Crippen LogP contribution in [-0.4, -0.2) is 5.78 Å². The Labute approximate surface area is 223 Å². The molecule has 0 aliphatic carbocycles. The van der Waals surface area contributed by atoms with Crippen molar-refractivity contribution in [1.82, 2.24) is 0 Å². The van der Waals surface area contributed by atoms with Gasteiger partial charge in [0.15, 0.2) is 5.78 Å². The molecule has 0 heterocycles. The zero-order valence-corrected chi connectivity index (χ0v) is 21.6. The van der Waals surface area contributed by atoms with Crippen LogP contribution < -0.4 is 0 Å². The maximum atomic E-state index is 14.1. The van der Waals surface area contributed by atoms with Crippen molar-refractivity contribution < 1.29 is 13.6 Å². The van der Waals surface area contributed by atoms with Crippen LogP contribution in [0.5, 0.6) is 0 Å². The second-order valence-electron chi connectivity index (χ2n) is 8.49. The molecule has 0 radical (unpaired) electrons. The molecule has 0 saturated heterocycles. The van der Waals surface area contributed by atoms with Gasteiger partial charge in [-0.3, -0.25) is 4.79 Å². The summed E-state index contributed by atoms with van der Waals surface area (Å²) in [6.07, 6.45) is 0. The Morgan fingerprint density at radius 2 is 1.08 bits per heavy atom. The normalized spacial score (nSPS) is 10.9. The number of rotatable bonds is 7. The fraction of sp³-hybridized carbons (Fsp3) is 0.0312. The Morgan fingerprint density at radius 3 is 1.73 bits per heavy atom. The van der Waals surface area contributed by atoms with E-state index in [4.69, 9.17) is 0 Å². The molecule has 0 aromatic heterocycles. The number of benzene rings is 5. The summed E-state index contributed by atoms with van der Waals surface area (Å²) in [5, 5.41) is 0. The number of hydrogen-bond acceptors (Lipinski definition) is 3. The highest BCUT2D eigenvalue weighted by molar-refractivity contribution is 7.99. The Morgan fingerprint density at radius 1 is 0.568 bits per heavy atom. The van der Waals surface area contributed by atoms with Crippen LogP contribution in [0.15, 0.2) is 135 Å². The Hall–Kier alpha value is -3.67. The van der Waals surface area contributed by atoms with Crippen LogP contribution >= 0.6 is 23.5 Å². The highest BCUT2D eigenvalue weighted by Gasteiger charge is 2.13. The van der Waals surface area contributed by atoms with E-state index in [2.05, 4.69) is 0 Å². The van der Waals surface area contributed by atoms with E-state index >= 15 is 0 Å². The average Bonchev–Trinajstić information content (AvgIpc) is 2.93. The first-order valence-corrected chi connectivity index (χ1v) is 13.3. The van der Waals surface area contributed by atoms with Crippen molar-refractivity contribution in [2.75, 3.05) is 0 Å². The van der Waals surface area contributed by atoms with E-state index in [0.717, 1.165) is 25.1 Å². The molecule has 182 valence electrons. The lowest BCUT2D eigenvalue weighted by molar-refractivity contribution is 0.103. The van der Waals surface area contributed by atoms with Crippen LogP contribution in [0.3, 0.4) is 0 Å². The Kier molecular flexibility index (Phi) is 7.54. The number of ketones is 1. The molecule has 37 heavy (non-hydrogen) atoms. The van der Waals surface area contributed by atoms with E-state index in [1.165, 1.54) is 36.0 Å². The van der Waals surface area contributed by atoms with Gasteiger partial charge in [0.25, 0.3) is 0 Å². The average molecular weight is 525 g/mol. The van der Waals surface area contributed by atoms with Crippen molar-refractivity contribution in [3.8, 4) is 11.1 Å². The molecule has 0 bridgehead atoms. The first kappa shape index (κ1) is 25.0. The molecule has 5 aromatic rings. The van der Waals surface area contributed by atoms with Gasteiger partial charge in [-0.2, -0.15) is 0 Å². The smallest absolute Gasteiger partial charge is 0.193 e. The van der Waals surface area contributed by atoms with Crippen molar-refractivity contribution >= 4 is 29.3 Å². The second kappa shape index (κ2) is 11.2. The fourth-order valence-corrected chi connectivity index (χ4v) is 5.71. The van der Waals surface area contributed by atoms with E-state index in [-0.39, 0.29) is 17.4 Å². The molecular weight excluding hydrogens is 502 g/mol. The van der Waals surface area contributed by atoms with E-state index < -0.39 is 0 Å². The third-order valence-corrected chi connectivity index (χ3v) is 7.97. The van der Waals surface area contributed by atoms with Crippen LogP contribution in [0, 0.1) is 18.6 Å². The van der Waals surface area contributed by atoms with Gasteiger partial charge in [0, 0.05) is 30.7 Å². The molecule has 0 aliphatic rings. The lowest BCUT2D eigenvalue weighted by Crippen LogP contribution is -2.00. The van der Waals surface area contributed by atoms with E-state index in [1.54, 1.807) is 23.9 Å². The van der Waals surface area contributed by atoms with Crippen LogP contribution in [-0.2, 0) is 0 Å². The van der Waals surface area contributed by atoms with Crippen molar-refractivity contribution in [1.29, 1.82) is 0 Å². The van der Waals surface area contributed by atoms with Crippen LogP contribution in [0.2, 0.25) is 0 Å². The van der Waals surface area contributed by atoms with E-state index in [1.807, 2.05) is 85.8 Å². The molecule has 0 unspecified atom stereocenters. The molecule has 0 aliphatic heterocycles. The second-order valence-corrected chi connectivity index (χ2v) is 10.8. The highest BCUT2D eigenvalue weighted by atomic mass is 32.2. The third-order valence-electron chi connectivity index (χ3n) is 5.87. The molecule has 5 aromatic carbocycles. The van der Waals surface area contributed by atoms with Gasteiger partial charge in [-0.1, -0.05) is 59.9 Å². The lowest BCUT2D eigenvalue weighted by Gasteiger charge is -2.13. The molecular formula is C32H22F2OS2. The number of carbonyl (C=O) groups is 1. The zero-order chi connectivity index (χ0) is 25.8. The number of hydrogen-bond donors (Lipinski definition) is 0. The van der Waals surface area contributed by atoms with Gasteiger partial charge in [-0.25, -0.2) is 8.78 Å². The Bertz CT molecular complexity index is 1550. The standard InChI is InChI=1S/C32H22F2OS2/c1-21-7-10-24(33)19-29(21)30-20-25(34)11-18-31(30)37-28-16-14-27(15-17-28)36-26-12-8-23(9-13-26)32(35)22-5-3-2-4-6-22/h2-20H,1H3. The third kappa shape index (κ3) is 6.01. The van der Waals surface area contributed by atoms with Gasteiger partial charge in [0.2, 0.25) is 0 Å². The minimum absolute atomic E-state index is 0.00660. The summed E-state index contributed by atoms with van der Waals surface area (Å²) in [6, 6.07) is 34.2. The predicted molar refractivity (Wildman–Crippen MR) is 148 cm³/mol. The molecule has 0 saturated carbocycles. The van der Waals surface area contributed by atoms with Gasteiger partial charge in [-0.15, -0.1) is 0 Å². The fourth-order valence-electron chi connectivity index (χ4n) is 3.96. The molecule has 5 rings (SSSR count). The molecule has 0 fully saturated rings. The first-order chi connectivity index (χ1) is 18.0. The minimum Gasteiger partial charge on any atom is -0.289 e. The van der Waals surface area contributed by atoms with Gasteiger partial charge in [-0.05, 0) is 102 Å². The maximum Gasteiger partial charge on any atom is 0.193 e. The topological polar surface area (TPSA) is 17.1 Å². The number of halogens is 2. The zero-order valence-electron chi connectivity index (χ0n) is 20.0. The van der Waals surface area contributed by atoms with Gasteiger partial charge in [0.1, 0.15) is 11.6 Å². The maximum absolute atomic E-state index is 14.1. The first-order valence-electron chi connectivity index (χ1n) is 11.7. The largest absolute Gasteiger partial charge is 0.289 e. The predicted octanol–water partition coefficient (Wildman–Crippen LogP) is 9.47. The van der Waals surface area contributed by atoms with E-state index in [0.29, 0.717) is 22.3 Å². The van der Waals surface area contributed by atoms with Crippen LogP contribution in [0.25, 0.3) is 11.1 Å². The molecule has 5 heteroatoms. The monoisotopic (exact) mass is 524 g/mol. The number of aryl methyl sites for hydroxylation is 1. The summed E-state index contributed by atoms with van der Waals surface area (Å²) < 4.78 is 28.0. The summed E-state index contributed by atoms with van der Waals surface area (Å²) >= 11 is 3.13.